The van der Waals surface area contributed by atoms with Crippen molar-refractivity contribution < 1.29 is 0 Å². The van der Waals surface area contributed by atoms with Crippen LogP contribution >= 0.6 is 22.7 Å². The van der Waals surface area contributed by atoms with Crippen molar-refractivity contribution in [2.45, 2.75) is 0 Å². The molecule has 0 amide bonds. The summed E-state index contributed by atoms with van der Waals surface area (Å²) in [6.45, 7) is 0. The Labute approximate surface area is 183 Å². The molecular formula is C26H13N3S2. The molecule has 0 saturated heterocycles. The predicted octanol–water partition coefficient (Wildman–Crippen LogP) is 7.77. The molecule has 0 bridgehead atoms. The molecule has 5 heterocycles. The van der Waals surface area contributed by atoms with Gasteiger partial charge in [-0.2, -0.15) is 0 Å². The van der Waals surface area contributed by atoms with Crippen LogP contribution in [0, 0.1) is 0 Å². The highest BCUT2D eigenvalue weighted by Crippen LogP contribution is 2.47. The summed E-state index contributed by atoms with van der Waals surface area (Å²) in [7, 11) is 0. The lowest BCUT2D eigenvalue weighted by Gasteiger charge is -2.09. The highest BCUT2D eigenvalue weighted by molar-refractivity contribution is 7.29. The summed E-state index contributed by atoms with van der Waals surface area (Å²) in [4.78, 5) is 9.02. The summed E-state index contributed by atoms with van der Waals surface area (Å²) in [5.41, 5.74) is 2.15. The van der Waals surface area contributed by atoms with Crippen LogP contribution in [0.15, 0.2) is 79.4 Å². The van der Waals surface area contributed by atoms with Crippen LogP contribution in [-0.4, -0.2) is 14.4 Å². The van der Waals surface area contributed by atoms with Gasteiger partial charge >= 0.3 is 0 Å². The van der Waals surface area contributed by atoms with Crippen molar-refractivity contribution in [3.8, 4) is 0 Å². The fraction of sp³-hybridized carbons (Fsp3) is 0. The number of aromatic nitrogens is 3. The normalized spacial score (nSPS) is 12.5. The predicted molar refractivity (Wildman–Crippen MR) is 134 cm³/mol. The van der Waals surface area contributed by atoms with E-state index in [0.29, 0.717) is 0 Å². The fourth-order valence-corrected chi connectivity index (χ4v) is 7.53. The van der Waals surface area contributed by atoms with E-state index in [1.54, 1.807) is 0 Å². The van der Waals surface area contributed by atoms with Crippen molar-refractivity contribution in [2.75, 3.05) is 0 Å². The Morgan fingerprint density at radius 3 is 2.55 bits per heavy atom. The van der Waals surface area contributed by atoms with Crippen LogP contribution in [0.2, 0.25) is 0 Å². The largest absolute Gasteiger partial charge is 0.299 e. The standard InChI is InChI=1S/C26H13N3S2/c1-2-4-19-15(3-1)24-21(30-19)7-5-16-23-20(31-25(16)24)8-6-18-22(23)14-9-10-27-13-17(14)26-28-11-12-29(18)26/h1-13H. The first-order chi connectivity index (χ1) is 15.4. The van der Waals surface area contributed by atoms with E-state index in [0.717, 1.165) is 11.0 Å². The summed E-state index contributed by atoms with van der Waals surface area (Å²) < 4.78 is 7.61. The molecule has 0 aliphatic heterocycles. The van der Waals surface area contributed by atoms with E-state index in [9.17, 15) is 0 Å². The van der Waals surface area contributed by atoms with Gasteiger partial charge in [0.25, 0.3) is 0 Å². The van der Waals surface area contributed by atoms with Gasteiger partial charge in [0.2, 0.25) is 0 Å². The Hall–Kier alpha value is -3.54. The van der Waals surface area contributed by atoms with E-state index < -0.39 is 0 Å². The van der Waals surface area contributed by atoms with Crippen LogP contribution in [-0.2, 0) is 0 Å². The van der Waals surface area contributed by atoms with Gasteiger partial charge in [0.15, 0.2) is 0 Å². The Kier molecular flexibility index (Phi) is 2.91. The van der Waals surface area contributed by atoms with Crippen LogP contribution in [0.4, 0.5) is 0 Å². The fourth-order valence-electron chi connectivity index (χ4n) is 5.08. The molecule has 144 valence electrons. The van der Waals surface area contributed by atoms with Crippen molar-refractivity contribution in [1.29, 1.82) is 0 Å². The first kappa shape index (κ1) is 16.2. The van der Waals surface area contributed by atoms with E-state index >= 15 is 0 Å². The van der Waals surface area contributed by atoms with Crippen LogP contribution in [0.1, 0.15) is 0 Å². The van der Waals surface area contributed by atoms with Gasteiger partial charge in [0.1, 0.15) is 5.65 Å². The van der Waals surface area contributed by atoms with E-state index in [2.05, 4.69) is 75.2 Å². The van der Waals surface area contributed by atoms with E-state index in [-0.39, 0.29) is 0 Å². The third kappa shape index (κ3) is 1.93. The van der Waals surface area contributed by atoms with Gasteiger partial charge < -0.3 is 0 Å². The van der Waals surface area contributed by atoms with Crippen molar-refractivity contribution in [1.82, 2.24) is 14.4 Å². The molecule has 0 spiro atoms. The first-order valence-corrected chi connectivity index (χ1v) is 11.8. The zero-order chi connectivity index (χ0) is 20.1. The number of benzene rings is 3. The molecule has 0 N–H and O–H groups in total. The topological polar surface area (TPSA) is 30.2 Å². The van der Waals surface area contributed by atoms with Crippen molar-refractivity contribution in [3.63, 3.8) is 0 Å². The van der Waals surface area contributed by atoms with Gasteiger partial charge in [-0.1, -0.05) is 24.3 Å². The van der Waals surface area contributed by atoms with Crippen LogP contribution in [0.5, 0.6) is 0 Å². The number of rotatable bonds is 0. The minimum Gasteiger partial charge on any atom is -0.299 e. The molecule has 0 saturated carbocycles. The number of hydrogen-bond acceptors (Lipinski definition) is 4. The molecule has 8 rings (SSSR count). The second-order valence-electron chi connectivity index (χ2n) is 7.89. The Morgan fingerprint density at radius 1 is 0.645 bits per heavy atom. The molecule has 5 heteroatoms. The summed E-state index contributed by atoms with van der Waals surface area (Å²) in [6, 6.07) is 20.0. The van der Waals surface area contributed by atoms with Gasteiger partial charge in [0.05, 0.1) is 5.52 Å². The zero-order valence-electron chi connectivity index (χ0n) is 16.2. The van der Waals surface area contributed by atoms with Crippen molar-refractivity contribution in [3.05, 3.63) is 79.4 Å². The van der Waals surface area contributed by atoms with Gasteiger partial charge in [-0.15, -0.1) is 22.7 Å². The van der Waals surface area contributed by atoms with Gasteiger partial charge in [-0.05, 0) is 35.7 Å². The molecule has 3 aromatic carbocycles. The Bertz CT molecular complexity index is 2010. The third-order valence-electron chi connectivity index (χ3n) is 6.35. The van der Waals surface area contributed by atoms with E-state index in [1.807, 2.05) is 41.3 Å². The molecule has 0 unspecified atom stereocenters. The van der Waals surface area contributed by atoms with Crippen molar-refractivity contribution in [2.24, 2.45) is 0 Å². The highest BCUT2D eigenvalue weighted by Gasteiger charge is 2.18. The molecule has 0 aliphatic carbocycles. The lowest BCUT2D eigenvalue weighted by molar-refractivity contribution is 1.27. The van der Waals surface area contributed by atoms with Crippen molar-refractivity contribution >= 4 is 90.3 Å². The molecule has 8 aromatic rings. The van der Waals surface area contributed by atoms with E-state index in [1.165, 1.54) is 56.6 Å². The van der Waals surface area contributed by atoms with Crippen LogP contribution in [0.25, 0.3) is 67.7 Å². The van der Waals surface area contributed by atoms with Gasteiger partial charge in [0, 0.05) is 75.9 Å². The monoisotopic (exact) mass is 431 g/mol. The Balaban J connectivity index is 1.71. The smallest absolute Gasteiger partial charge is 0.146 e. The highest BCUT2D eigenvalue weighted by atomic mass is 32.1. The number of fused-ring (bicyclic) bond motifs is 14. The molecule has 0 radical (unpaired) electrons. The third-order valence-corrected chi connectivity index (χ3v) is 8.68. The second-order valence-corrected chi connectivity index (χ2v) is 10.0. The minimum absolute atomic E-state index is 0.959. The SMILES string of the molecule is c1ccc2c(c1)sc1ccc3c(sc4ccc5c(c6ccncc6c6nccn56)c43)c12. The summed E-state index contributed by atoms with van der Waals surface area (Å²) in [6.07, 6.45) is 7.75. The number of imidazole rings is 1. The quantitative estimate of drug-likeness (QED) is 0.230. The van der Waals surface area contributed by atoms with Crippen LogP contribution < -0.4 is 0 Å². The van der Waals surface area contributed by atoms with Gasteiger partial charge in [-0.25, -0.2) is 4.98 Å². The molecular weight excluding hydrogens is 418 g/mol. The molecule has 3 nitrogen and oxygen atoms in total. The lowest BCUT2D eigenvalue weighted by Crippen LogP contribution is -1.91. The van der Waals surface area contributed by atoms with Gasteiger partial charge in [-0.3, -0.25) is 9.38 Å². The number of nitrogens with zero attached hydrogens (tertiary/aromatic N) is 3. The molecule has 0 atom stereocenters. The maximum Gasteiger partial charge on any atom is 0.146 e. The number of hydrogen-bond donors (Lipinski definition) is 0. The first-order valence-electron chi connectivity index (χ1n) is 10.2. The maximum absolute atomic E-state index is 4.62. The Morgan fingerprint density at radius 2 is 1.55 bits per heavy atom. The van der Waals surface area contributed by atoms with E-state index in [4.69, 9.17) is 0 Å². The minimum atomic E-state index is 0.959. The second kappa shape index (κ2) is 5.58. The molecule has 0 fully saturated rings. The molecule has 31 heavy (non-hydrogen) atoms. The summed E-state index contributed by atoms with van der Waals surface area (Å²) >= 11 is 3.79. The average molecular weight is 432 g/mol. The summed E-state index contributed by atoms with van der Waals surface area (Å²) in [5.74, 6) is 0. The number of pyridine rings is 2. The summed E-state index contributed by atoms with van der Waals surface area (Å²) in [5, 5.41) is 9.00. The molecule has 5 aromatic heterocycles. The number of thiophene rings is 2. The lowest BCUT2D eigenvalue weighted by atomic mass is 10.0. The van der Waals surface area contributed by atoms with Crippen LogP contribution in [0.3, 0.4) is 0 Å². The maximum atomic E-state index is 4.62. The zero-order valence-corrected chi connectivity index (χ0v) is 17.8. The average Bonchev–Trinajstić information content (AvgIpc) is 3.53. The molecule has 0 aliphatic rings.